The molecule has 104 valence electrons. The third-order valence-electron chi connectivity index (χ3n) is 2.26. The Hall–Kier alpha value is -2.51. The predicted octanol–water partition coefficient (Wildman–Crippen LogP) is 3.00. The summed E-state index contributed by atoms with van der Waals surface area (Å²) in [6, 6.07) is 2.57. The van der Waals surface area contributed by atoms with Crippen molar-refractivity contribution in [2.45, 2.75) is 0 Å². The van der Waals surface area contributed by atoms with Crippen LogP contribution in [0.5, 0.6) is 5.75 Å². The molecule has 0 amide bonds. The molecule has 0 aliphatic rings. The number of carbonyl (C=O) groups excluding carboxylic acids is 1. The van der Waals surface area contributed by atoms with Gasteiger partial charge >= 0.3 is 5.97 Å². The zero-order valence-corrected chi connectivity index (χ0v) is 9.46. The predicted molar refractivity (Wildman–Crippen MR) is 55.4 cm³/mol. The van der Waals surface area contributed by atoms with Crippen molar-refractivity contribution in [2.24, 2.45) is 0 Å². The highest BCUT2D eigenvalue weighted by molar-refractivity contribution is 5.91. The number of hydrogen-bond acceptors (Lipinski definition) is 3. The average molecular weight is 289 g/mol. The van der Waals surface area contributed by atoms with Crippen LogP contribution in [0.2, 0.25) is 0 Å². The molecule has 8 heteroatoms. The highest BCUT2D eigenvalue weighted by Crippen LogP contribution is 2.24. The van der Waals surface area contributed by atoms with E-state index in [-0.39, 0.29) is 5.75 Å². The van der Waals surface area contributed by atoms with E-state index in [1.165, 1.54) is 18.3 Å². The first-order valence-corrected chi connectivity index (χ1v) is 5.07. The van der Waals surface area contributed by atoms with Crippen LogP contribution in [0.3, 0.4) is 0 Å². The number of pyridine rings is 1. The smallest absolute Gasteiger partial charge is 0.349 e. The Morgan fingerprint density at radius 2 is 1.50 bits per heavy atom. The quantitative estimate of drug-likeness (QED) is 0.369. The van der Waals surface area contributed by atoms with E-state index in [2.05, 4.69) is 9.72 Å². The Balaban J connectivity index is 2.45. The fourth-order valence-electron chi connectivity index (χ4n) is 1.35. The fraction of sp³-hybridized carbons (Fsp3) is 0. The maximum absolute atomic E-state index is 13.3. The fourth-order valence-corrected chi connectivity index (χ4v) is 1.35. The van der Waals surface area contributed by atoms with Gasteiger partial charge in [-0.2, -0.15) is 0 Å². The van der Waals surface area contributed by atoms with Gasteiger partial charge in [-0.3, -0.25) is 4.98 Å². The van der Waals surface area contributed by atoms with E-state index in [1.54, 1.807) is 0 Å². The molecule has 0 bridgehead atoms. The standard InChI is InChI=1S/C12H4F5NO2/c13-7-6(8(14)10(16)11(17)9(7)15)12(19)20-5-2-1-3-18-4-5/h1-4H. The number of benzene rings is 1. The van der Waals surface area contributed by atoms with E-state index < -0.39 is 40.6 Å². The van der Waals surface area contributed by atoms with Gasteiger partial charge in [-0.15, -0.1) is 0 Å². The number of carbonyl (C=O) groups is 1. The highest BCUT2D eigenvalue weighted by atomic mass is 19.2. The first kappa shape index (κ1) is 13.9. The van der Waals surface area contributed by atoms with Crippen LogP contribution in [-0.4, -0.2) is 11.0 Å². The van der Waals surface area contributed by atoms with Crippen molar-refractivity contribution < 1.29 is 31.5 Å². The van der Waals surface area contributed by atoms with Crippen LogP contribution >= 0.6 is 0 Å². The van der Waals surface area contributed by atoms with Crippen molar-refractivity contribution in [3.63, 3.8) is 0 Å². The molecule has 20 heavy (non-hydrogen) atoms. The maximum atomic E-state index is 13.3. The molecule has 1 heterocycles. The zero-order valence-electron chi connectivity index (χ0n) is 9.46. The van der Waals surface area contributed by atoms with Gasteiger partial charge in [0.15, 0.2) is 23.3 Å². The molecule has 0 saturated heterocycles. The van der Waals surface area contributed by atoms with E-state index in [1.807, 2.05) is 0 Å². The van der Waals surface area contributed by atoms with Gasteiger partial charge < -0.3 is 4.74 Å². The summed E-state index contributed by atoms with van der Waals surface area (Å²) >= 11 is 0. The summed E-state index contributed by atoms with van der Waals surface area (Å²) in [6.45, 7) is 0. The molecule has 3 nitrogen and oxygen atoms in total. The molecular weight excluding hydrogens is 285 g/mol. The lowest BCUT2D eigenvalue weighted by Gasteiger charge is -2.07. The van der Waals surface area contributed by atoms with E-state index in [0.29, 0.717) is 0 Å². The van der Waals surface area contributed by atoms with Gasteiger partial charge in [-0.05, 0) is 12.1 Å². The lowest BCUT2D eigenvalue weighted by Crippen LogP contribution is -2.17. The second kappa shape index (κ2) is 5.24. The molecule has 1 aromatic heterocycles. The van der Waals surface area contributed by atoms with Gasteiger partial charge in [0.1, 0.15) is 11.3 Å². The molecule has 0 saturated carbocycles. The minimum atomic E-state index is -2.35. The lowest BCUT2D eigenvalue weighted by molar-refractivity contribution is 0.0720. The first-order valence-electron chi connectivity index (χ1n) is 5.07. The van der Waals surface area contributed by atoms with Gasteiger partial charge in [0, 0.05) is 6.20 Å². The molecule has 2 aromatic rings. The molecule has 1 aromatic carbocycles. The molecule has 0 aliphatic heterocycles. The van der Waals surface area contributed by atoms with Crippen molar-refractivity contribution in [3.8, 4) is 5.75 Å². The number of esters is 1. The van der Waals surface area contributed by atoms with Crippen LogP contribution in [0.4, 0.5) is 22.0 Å². The van der Waals surface area contributed by atoms with E-state index >= 15 is 0 Å². The number of ether oxygens (including phenoxy) is 1. The Bertz CT molecular complexity index is 646. The van der Waals surface area contributed by atoms with Crippen LogP contribution in [0, 0.1) is 29.1 Å². The molecule has 2 rings (SSSR count). The largest absolute Gasteiger partial charge is 0.421 e. The van der Waals surface area contributed by atoms with E-state index in [4.69, 9.17) is 0 Å². The summed E-state index contributed by atoms with van der Waals surface area (Å²) in [4.78, 5) is 15.0. The van der Waals surface area contributed by atoms with Gasteiger partial charge in [-0.1, -0.05) is 0 Å². The second-order valence-corrected chi connectivity index (χ2v) is 3.52. The van der Waals surface area contributed by atoms with Crippen LogP contribution in [0.25, 0.3) is 0 Å². The molecule has 0 atom stereocenters. The van der Waals surface area contributed by atoms with Gasteiger partial charge in [-0.25, -0.2) is 26.7 Å². The van der Waals surface area contributed by atoms with E-state index in [9.17, 15) is 26.7 Å². The lowest BCUT2D eigenvalue weighted by atomic mass is 10.1. The number of aromatic nitrogens is 1. The Labute approximate surface area is 108 Å². The zero-order chi connectivity index (χ0) is 14.9. The van der Waals surface area contributed by atoms with Crippen LogP contribution < -0.4 is 4.74 Å². The van der Waals surface area contributed by atoms with Crippen molar-refractivity contribution in [1.82, 2.24) is 4.98 Å². The molecular formula is C12H4F5NO2. The summed E-state index contributed by atoms with van der Waals surface area (Å²) < 4.78 is 69.8. The molecule has 0 radical (unpaired) electrons. The minimum absolute atomic E-state index is 0.207. The molecule has 0 unspecified atom stereocenters. The van der Waals surface area contributed by atoms with E-state index in [0.717, 1.165) is 6.20 Å². The third-order valence-corrected chi connectivity index (χ3v) is 2.26. The summed E-state index contributed by atoms with van der Waals surface area (Å²) in [5.41, 5.74) is -1.66. The average Bonchev–Trinajstić information content (AvgIpc) is 2.44. The monoisotopic (exact) mass is 289 g/mol. The SMILES string of the molecule is O=C(Oc1cccnc1)c1c(F)c(F)c(F)c(F)c1F. The molecule has 0 N–H and O–H groups in total. The van der Waals surface area contributed by atoms with Gasteiger partial charge in [0.05, 0.1) is 6.20 Å². The molecule has 0 aliphatic carbocycles. The van der Waals surface area contributed by atoms with Crippen LogP contribution in [-0.2, 0) is 0 Å². The van der Waals surface area contributed by atoms with Crippen molar-refractivity contribution in [2.75, 3.05) is 0 Å². The summed E-state index contributed by atoms with van der Waals surface area (Å²) in [7, 11) is 0. The van der Waals surface area contributed by atoms with Crippen molar-refractivity contribution >= 4 is 5.97 Å². The second-order valence-electron chi connectivity index (χ2n) is 3.52. The highest BCUT2D eigenvalue weighted by Gasteiger charge is 2.30. The number of nitrogens with zero attached hydrogens (tertiary/aromatic N) is 1. The Morgan fingerprint density at radius 3 is 2.00 bits per heavy atom. The summed E-state index contributed by atoms with van der Waals surface area (Å²) in [5.74, 6) is -13.2. The van der Waals surface area contributed by atoms with Gasteiger partial charge in [0.25, 0.3) is 0 Å². The molecule has 0 spiro atoms. The van der Waals surface area contributed by atoms with Crippen LogP contribution in [0.15, 0.2) is 24.5 Å². The third kappa shape index (κ3) is 2.31. The number of halogens is 5. The summed E-state index contributed by atoms with van der Waals surface area (Å²) in [6.07, 6.45) is 2.36. The van der Waals surface area contributed by atoms with Crippen molar-refractivity contribution in [3.05, 3.63) is 59.2 Å². The molecule has 0 fully saturated rings. The van der Waals surface area contributed by atoms with Crippen molar-refractivity contribution in [1.29, 1.82) is 0 Å². The summed E-state index contributed by atoms with van der Waals surface area (Å²) in [5, 5.41) is 0. The topological polar surface area (TPSA) is 39.2 Å². The minimum Gasteiger partial charge on any atom is -0.421 e. The number of hydrogen-bond donors (Lipinski definition) is 0. The normalized spacial score (nSPS) is 10.4. The Morgan fingerprint density at radius 1 is 0.950 bits per heavy atom. The Kier molecular flexibility index (Phi) is 3.64. The van der Waals surface area contributed by atoms with Gasteiger partial charge in [0.2, 0.25) is 5.82 Å². The van der Waals surface area contributed by atoms with Crippen LogP contribution in [0.1, 0.15) is 10.4 Å². The number of rotatable bonds is 2. The maximum Gasteiger partial charge on any atom is 0.349 e. The first-order chi connectivity index (χ1) is 9.43.